The van der Waals surface area contributed by atoms with Crippen molar-refractivity contribution in [2.75, 3.05) is 24.5 Å². The van der Waals surface area contributed by atoms with E-state index in [-0.39, 0.29) is 12.5 Å². The maximum Gasteiger partial charge on any atom is 0.326 e. The highest BCUT2D eigenvalue weighted by atomic mass is 16.4. The molecule has 2 heterocycles. The Bertz CT molecular complexity index is 587. The average Bonchev–Trinajstić information content (AvgIpc) is 2.90. The molecule has 2 unspecified atom stereocenters. The molecule has 0 spiro atoms. The second kappa shape index (κ2) is 5.99. The van der Waals surface area contributed by atoms with Crippen LogP contribution in [0.15, 0.2) is 24.3 Å². The number of nitrogens with zero attached hydrogens (tertiary/aromatic N) is 2. The number of piperidine rings is 1. The molecule has 2 atom stereocenters. The molecule has 1 aromatic carbocycles. The number of hydrogen-bond acceptors (Lipinski definition) is 3. The van der Waals surface area contributed by atoms with E-state index in [4.69, 9.17) is 0 Å². The summed E-state index contributed by atoms with van der Waals surface area (Å²) in [5.74, 6) is -0.601. The van der Waals surface area contributed by atoms with Crippen molar-refractivity contribution in [2.45, 2.75) is 32.2 Å². The van der Waals surface area contributed by atoms with Gasteiger partial charge < -0.3 is 14.9 Å². The summed E-state index contributed by atoms with van der Waals surface area (Å²) < 4.78 is 0. The molecular formula is C17H22N2O3. The van der Waals surface area contributed by atoms with Gasteiger partial charge in [0.2, 0.25) is 5.91 Å². The van der Waals surface area contributed by atoms with Crippen LogP contribution in [0.3, 0.4) is 0 Å². The normalized spacial score (nSPS) is 24.2. The van der Waals surface area contributed by atoms with Crippen LogP contribution in [0.5, 0.6) is 0 Å². The van der Waals surface area contributed by atoms with Gasteiger partial charge in [0, 0.05) is 18.8 Å². The Balaban J connectivity index is 1.70. The third-order valence-corrected chi connectivity index (χ3v) is 4.78. The van der Waals surface area contributed by atoms with Gasteiger partial charge >= 0.3 is 5.97 Å². The number of carbonyl (C=O) groups excluding carboxylic acids is 1. The zero-order chi connectivity index (χ0) is 15.7. The molecule has 0 aromatic heterocycles. The number of hydrogen-bond donors (Lipinski definition) is 1. The summed E-state index contributed by atoms with van der Waals surface area (Å²) in [6, 6.07) is 7.43. The molecule has 1 amide bonds. The first-order chi connectivity index (χ1) is 10.6. The highest BCUT2D eigenvalue weighted by Crippen LogP contribution is 2.28. The fourth-order valence-electron chi connectivity index (χ4n) is 3.50. The van der Waals surface area contributed by atoms with Crippen LogP contribution in [-0.2, 0) is 16.0 Å². The van der Waals surface area contributed by atoms with Gasteiger partial charge in [-0.3, -0.25) is 4.79 Å². The average molecular weight is 302 g/mol. The van der Waals surface area contributed by atoms with Crippen LogP contribution in [-0.4, -0.2) is 47.6 Å². The number of amides is 1. The summed E-state index contributed by atoms with van der Waals surface area (Å²) in [7, 11) is 0. The number of carboxylic acid groups (broad SMARTS) is 1. The molecule has 118 valence electrons. The summed E-state index contributed by atoms with van der Waals surface area (Å²) >= 11 is 0. The summed E-state index contributed by atoms with van der Waals surface area (Å²) in [6.45, 7) is 3.70. The van der Waals surface area contributed by atoms with E-state index < -0.39 is 12.0 Å². The Morgan fingerprint density at radius 2 is 2.05 bits per heavy atom. The smallest absolute Gasteiger partial charge is 0.326 e. The van der Waals surface area contributed by atoms with Gasteiger partial charge in [-0.2, -0.15) is 0 Å². The lowest BCUT2D eigenvalue weighted by Gasteiger charge is -2.37. The lowest BCUT2D eigenvalue weighted by Crippen LogP contribution is -2.52. The van der Waals surface area contributed by atoms with Crippen molar-refractivity contribution in [2.24, 2.45) is 5.92 Å². The predicted octanol–water partition coefficient (Wildman–Crippen LogP) is 1.76. The Hall–Kier alpha value is -2.04. The number of rotatable bonds is 3. The van der Waals surface area contributed by atoms with Gasteiger partial charge in [0.15, 0.2) is 0 Å². The lowest BCUT2D eigenvalue weighted by molar-refractivity contribution is -0.152. The van der Waals surface area contributed by atoms with Crippen molar-refractivity contribution >= 4 is 17.6 Å². The standard InChI is InChI=1S/C17H22N2O3/c1-12-6-9-19(15(10-12)17(21)22)16(20)11-18-8-7-13-4-2-3-5-14(13)18/h2-5,12,15H,6-11H2,1H3,(H,21,22). The van der Waals surface area contributed by atoms with Crippen LogP contribution in [0.25, 0.3) is 0 Å². The first-order valence-corrected chi connectivity index (χ1v) is 7.91. The van der Waals surface area contributed by atoms with Crippen LogP contribution >= 0.6 is 0 Å². The van der Waals surface area contributed by atoms with E-state index >= 15 is 0 Å². The molecule has 0 aliphatic carbocycles. The molecule has 3 rings (SSSR count). The Morgan fingerprint density at radius 1 is 1.27 bits per heavy atom. The van der Waals surface area contributed by atoms with Gasteiger partial charge in [0.1, 0.15) is 6.04 Å². The number of para-hydroxylation sites is 1. The number of carboxylic acids is 1. The molecule has 5 heteroatoms. The van der Waals surface area contributed by atoms with E-state index in [9.17, 15) is 14.7 Å². The number of carbonyl (C=O) groups is 2. The third kappa shape index (κ3) is 2.80. The molecule has 1 saturated heterocycles. The molecule has 0 radical (unpaired) electrons. The van der Waals surface area contributed by atoms with Crippen molar-refractivity contribution in [1.82, 2.24) is 4.90 Å². The van der Waals surface area contributed by atoms with Crippen LogP contribution in [0, 0.1) is 5.92 Å². The largest absolute Gasteiger partial charge is 0.480 e. The summed E-state index contributed by atoms with van der Waals surface area (Å²) in [4.78, 5) is 27.7. The zero-order valence-electron chi connectivity index (χ0n) is 12.9. The number of benzene rings is 1. The topological polar surface area (TPSA) is 60.9 Å². The molecule has 5 nitrogen and oxygen atoms in total. The number of aliphatic carboxylic acids is 1. The fraction of sp³-hybridized carbons (Fsp3) is 0.529. The second-order valence-corrected chi connectivity index (χ2v) is 6.37. The van der Waals surface area contributed by atoms with Gasteiger partial charge in [-0.15, -0.1) is 0 Å². The second-order valence-electron chi connectivity index (χ2n) is 6.37. The first kappa shape index (κ1) is 14.9. The fourth-order valence-corrected chi connectivity index (χ4v) is 3.50. The minimum atomic E-state index is -0.887. The Kier molecular flexibility index (Phi) is 4.05. The van der Waals surface area contributed by atoms with Crippen LogP contribution in [0.2, 0.25) is 0 Å². The molecule has 22 heavy (non-hydrogen) atoms. The van der Waals surface area contributed by atoms with Gasteiger partial charge in [-0.1, -0.05) is 25.1 Å². The minimum absolute atomic E-state index is 0.0731. The van der Waals surface area contributed by atoms with Crippen molar-refractivity contribution < 1.29 is 14.7 Å². The molecule has 2 aliphatic rings. The highest BCUT2D eigenvalue weighted by molar-refractivity contribution is 5.87. The number of fused-ring (bicyclic) bond motifs is 1. The SMILES string of the molecule is CC1CCN(C(=O)CN2CCc3ccccc32)C(C(=O)O)C1. The summed E-state index contributed by atoms with van der Waals surface area (Å²) in [5.41, 5.74) is 2.37. The van der Waals surface area contributed by atoms with E-state index in [2.05, 4.69) is 17.9 Å². The predicted molar refractivity (Wildman–Crippen MR) is 83.9 cm³/mol. The van der Waals surface area contributed by atoms with Gasteiger partial charge in [0.25, 0.3) is 0 Å². The molecule has 0 saturated carbocycles. The van der Waals surface area contributed by atoms with E-state index in [1.165, 1.54) is 5.56 Å². The van der Waals surface area contributed by atoms with Crippen molar-refractivity contribution in [3.05, 3.63) is 29.8 Å². The zero-order valence-corrected chi connectivity index (χ0v) is 12.9. The molecule has 2 aliphatic heterocycles. The third-order valence-electron chi connectivity index (χ3n) is 4.78. The van der Waals surface area contributed by atoms with Crippen LogP contribution in [0.4, 0.5) is 5.69 Å². The molecule has 1 aromatic rings. The van der Waals surface area contributed by atoms with Crippen molar-refractivity contribution in [3.8, 4) is 0 Å². The Morgan fingerprint density at radius 3 is 2.82 bits per heavy atom. The molecular weight excluding hydrogens is 280 g/mol. The van der Waals surface area contributed by atoms with E-state index in [0.29, 0.717) is 18.9 Å². The molecule has 1 fully saturated rings. The Labute approximate surface area is 130 Å². The van der Waals surface area contributed by atoms with Gasteiger partial charge in [-0.05, 0) is 36.8 Å². The minimum Gasteiger partial charge on any atom is -0.480 e. The maximum atomic E-state index is 12.6. The molecule has 0 bridgehead atoms. The summed E-state index contributed by atoms with van der Waals surface area (Å²) in [5, 5.41) is 9.39. The van der Waals surface area contributed by atoms with Crippen LogP contribution in [0.1, 0.15) is 25.3 Å². The monoisotopic (exact) mass is 302 g/mol. The maximum absolute atomic E-state index is 12.6. The van der Waals surface area contributed by atoms with E-state index in [0.717, 1.165) is 25.1 Å². The number of likely N-dealkylation sites (tertiary alicyclic amines) is 1. The quantitative estimate of drug-likeness (QED) is 0.924. The molecule has 1 N–H and O–H groups in total. The van der Waals surface area contributed by atoms with Crippen LogP contribution < -0.4 is 4.90 Å². The van der Waals surface area contributed by atoms with E-state index in [1.807, 2.05) is 18.2 Å². The van der Waals surface area contributed by atoms with Crippen molar-refractivity contribution in [3.63, 3.8) is 0 Å². The highest BCUT2D eigenvalue weighted by Gasteiger charge is 2.35. The summed E-state index contributed by atoms with van der Waals surface area (Å²) in [6.07, 6.45) is 2.38. The van der Waals surface area contributed by atoms with E-state index in [1.54, 1.807) is 4.90 Å². The first-order valence-electron chi connectivity index (χ1n) is 7.91. The van der Waals surface area contributed by atoms with Gasteiger partial charge in [0.05, 0.1) is 6.54 Å². The van der Waals surface area contributed by atoms with Crippen molar-refractivity contribution in [1.29, 1.82) is 0 Å². The van der Waals surface area contributed by atoms with Gasteiger partial charge in [-0.25, -0.2) is 4.79 Å². The lowest BCUT2D eigenvalue weighted by atomic mass is 9.92. The number of anilines is 1.